The van der Waals surface area contributed by atoms with Crippen LogP contribution in [0.5, 0.6) is 5.75 Å². The van der Waals surface area contributed by atoms with Gasteiger partial charge in [-0.05, 0) is 58.8 Å². The normalized spacial score (nSPS) is 10.8. The minimum atomic E-state index is -2.96. The molecule has 0 amide bonds. The number of halogens is 4. The van der Waals surface area contributed by atoms with Gasteiger partial charge in [-0.2, -0.15) is 13.9 Å². The second kappa shape index (κ2) is 9.27. The number of hydrogen-bond acceptors (Lipinski definition) is 3. The molecule has 0 saturated carbocycles. The third-order valence-electron chi connectivity index (χ3n) is 3.84. The van der Waals surface area contributed by atoms with Crippen molar-refractivity contribution in [1.82, 2.24) is 9.78 Å². The summed E-state index contributed by atoms with van der Waals surface area (Å²) in [5, 5.41) is 10.2. The minimum absolute atomic E-state index is 0.0201. The maximum Gasteiger partial charge on any atom is 0.387 e. The Balaban J connectivity index is 1.70. The first-order valence-corrected chi connectivity index (χ1v) is 9.62. The Morgan fingerprint density at radius 2 is 2.00 bits per heavy atom. The van der Waals surface area contributed by atoms with Crippen molar-refractivity contribution in [3.63, 3.8) is 0 Å². The van der Waals surface area contributed by atoms with E-state index in [1.54, 1.807) is 48.1 Å². The van der Waals surface area contributed by atoms with Gasteiger partial charge in [0.25, 0.3) is 0 Å². The molecule has 0 spiro atoms. The second-order valence-corrected chi connectivity index (χ2v) is 7.33. The first kappa shape index (κ1) is 21.1. The van der Waals surface area contributed by atoms with Gasteiger partial charge in [0.15, 0.2) is 10.9 Å². The van der Waals surface area contributed by atoms with Crippen LogP contribution in [-0.2, 0) is 6.54 Å². The third kappa shape index (κ3) is 5.70. The van der Waals surface area contributed by atoms with Gasteiger partial charge in [-0.25, -0.2) is 4.39 Å². The van der Waals surface area contributed by atoms with Crippen LogP contribution in [0.3, 0.4) is 0 Å². The Morgan fingerprint density at radius 1 is 1.24 bits per heavy atom. The largest absolute Gasteiger partial charge is 0.433 e. The lowest BCUT2D eigenvalue weighted by Gasteiger charge is -2.14. The molecule has 0 aliphatic rings. The van der Waals surface area contributed by atoms with Crippen LogP contribution in [0.1, 0.15) is 11.1 Å². The molecule has 0 radical (unpaired) electrons. The Labute approximate surface area is 179 Å². The summed E-state index contributed by atoms with van der Waals surface area (Å²) in [5.74, 6) is 0.0485. The van der Waals surface area contributed by atoms with Crippen LogP contribution in [0.25, 0.3) is 0 Å². The standard InChI is InChI=1S/C19H16BrF3N4OS/c1-11-6-7-15(16(8-11)28-18(22)23)24-19(29)25-17-13(20)10-27(26-17)9-12-4-2-3-5-14(12)21/h2-8,10,18H,9H2,1H3,(H2,24,25,26,29). The van der Waals surface area contributed by atoms with E-state index >= 15 is 0 Å². The number of benzene rings is 2. The van der Waals surface area contributed by atoms with Gasteiger partial charge >= 0.3 is 6.61 Å². The van der Waals surface area contributed by atoms with Crippen molar-refractivity contribution < 1.29 is 17.9 Å². The van der Waals surface area contributed by atoms with Gasteiger partial charge in [-0.1, -0.05) is 24.3 Å². The van der Waals surface area contributed by atoms with E-state index in [9.17, 15) is 13.2 Å². The molecule has 0 aliphatic heterocycles. The lowest BCUT2D eigenvalue weighted by Crippen LogP contribution is -2.20. The number of thiocarbonyl (C=S) groups is 1. The molecule has 3 rings (SSSR count). The number of anilines is 2. The van der Waals surface area contributed by atoms with Gasteiger partial charge in [0.05, 0.1) is 16.7 Å². The van der Waals surface area contributed by atoms with Gasteiger partial charge in [0.2, 0.25) is 0 Å². The van der Waals surface area contributed by atoms with Gasteiger partial charge in [0, 0.05) is 11.8 Å². The van der Waals surface area contributed by atoms with Crippen molar-refractivity contribution in [3.8, 4) is 5.75 Å². The zero-order chi connectivity index (χ0) is 21.0. The van der Waals surface area contributed by atoms with Crippen LogP contribution in [0, 0.1) is 12.7 Å². The lowest BCUT2D eigenvalue weighted by molar-refractivity contribution is -0.0493. The molecule has 2 aromatic carbocycles. The zero-order valence-electron chi connectivity index (χ0n) is 15.1. The van der Waals surface area contributed by atoms with Crippen LogP contribution in [0.4, 0.5) is 24.7 Å². The highest BCUT2D eigenvalue weighted by atomic mass is 79.9. The van der Waals surface area contributed by atoms with Crippen molar-refractivity contribution in [2.45, 2.75) is 20.1 Å². The number of aryl methyl sites for hydroxylation is 1. The predicted molar refractivity (Wildman–Crippen MR) is 113 cm³/mol. The fourth-order valence-corrected chi connectivity index (χ4v) is 3.17. The summed E-state index contributed by atoms with van der Waals surface area (Å²) in [6.07, 6.45) is 1.68. The Morgan fingerprint density at radius 3 is 2.72 bits per heavy atom. The molecular weight excluding hydrogens is 469 g/mol. The maximum atomic E-state index is 13.8. The van der Waals surface area contributed by atoms with Crippen molar-refractivity contribution in [1.29, 1.82) is 0 Å². The molecule has 1 heterocycles. The van der Waals surface area contributed by atoms with Crippen molar-refractivity contribution >= 4 is 44.8 Å². The Kier molecular flexibility index (Phi) is 6.75. The van der Waals surface area contributed by atoms with E-state index in [1.165, 1.54) is 12.1 Å². The number of alkyl halides is 2. The fraction of sp³-hybridized carbons (Fsp3) is 0.158. The average molecular weight is 485 g/mol. The minimum Gasteiger partial charge on any atom is -0.433 e. The van der Waals surface area contributed by atoms with E-state index in [4.69, 9.17) is 12.2 Å². The smallest absolute Gasteiger partial charge is 0.387 e. The van der Waals surface area contributed by atoms with Crippen LogP contribution in [0.2, 0.25) is 0 Å². The summed E-state index contributed by atoms with van der Waals surface area (Å²) in [7, 11) is 0. The number of nitrogens with one attached hydrogen (secondary N) is 2. The number of aromatic nitrogens is 2. The highest BCUT2D eigenvalue weighted by Crippen LogP contribution is 2.28. The zero-order valence-corrected chi connectivity index (χ0v) is 17.5. The number of hydrogen-bond donors (Lipinski definition) is 2. The van der Waals surface area contributed by atoms with E-state index in [0.717, 1.165) is 5.56 Å². The monoisotopic (exact) mass is 484 g/mol. The van der Waals surface area contributed by atoms with Crippen molar-refractivity contribution in [3.05, 3.63) is 70.1 Å². The topological polar surface area (TPSA) is 51.1 Å². The highest BCUT2D eigenvalue weighted by Gasteiger charge is 2.14. The molecule has 0 aliphatic carbocycles. The quantitative estimate of drug-likeness (QED) is 0.449. The van der Waals surface area contributed by atoms with Gasteiger partial charge < -0.3 is 15.4 Å². The molecule has 0 fully saturated rings. The molecule has 1 aromatic heterocycles. The van der Waals surface area contributed by atoms with Crippen molar-refractivity contribution in [2.75, 3.05) is 10.6 Å². The van der Waals surface area contributed by atoms with E-state index in [1.807, 2.05) is 0 Å². The molecule has 2 N–H and O–H groups in total. The number of nitrogens with zero attached hydrogens (tertiary/aromatic N) is 2. The van der Waals surface area contributed by atoms with Crippen LogP contribution < -0.4 is 15.4 Å². The summed E-state index contributed by atoms with van der Waals surface area (Å²) in [6, 6.07) is 11.2. The van der Waals surface area contributed by atoms with E-state index in [0.29, 0.717) is 15.9 Å². The van der Waals surface area contributed by atoms with Gasteiger partial charge in [-0.15, -0.1) is 0 Å². The first-order valence-electron chi connectivity index (χ1n) is 8.41. The summed E-state index contributed by atoms with van der Waals surface area (Å²) in [6.45, 7) is -0.961. The summed E-state index contributed by atoms with van der Waals surface area (Å²) >= 11 is 8.62. The molecule has 10 heteroatoms. The molecule has 0 saturated heterocycles. The van der Waals surface area contributed by atoms with E-state index in [2.05, 4.69) is 36.4 Å². The van der Waals surface area contributed by atoms with Gasteiger partial charge in [-0.3, -0.25) is 4.68 Å². The molecule has 152 valence electrons. The molecule has 0 unspecified atom stereocenters. The van der Waals surface area contributed by atoms with Crippen molar-refractivity contribution in [2.24, 2.45) is 0 Å². The summed E-state index contributed by atoms with van der Waals surface area (Å²) in [5.41, 5.74) is 1.54. The predicted octanol–water partition coefficient (Wildman–Crippen LogP) is 5.55. The molecule has 5 nitrogen and oxygen atoms in total. The average Bonchev–Trinajstić information content (AvgIpc) is 2.98. The lowest BCUT2D eigenvalue weighted by atomic mass is 10.2. The SMILES string of the molecule is Cc1ccc(NC(=S)Nc2nn(Cc3ccccc3F)cc2Br)c(OC(F)F)c1. The van der Waals surface area contributed by atoms with E-state index in [-0.39, 0.29) is 28.9 Å². The molecule has 3 aromatic rings. The van der Waals surface area contributed by atoms with Crippen LogP contribution in [0.15, 0.2) is 53.1 Å². The molecular formula is C19H16BrF3N4OS. The molecule has 29 heavy (non-hydrogen) atoms. The fourth-order valence-electron chi connectivity index (χ4n) is 2.55. The van der Waals surface area contributed by atoms with Gasteiger partial charge in [0.1, 0.15) is 11.6 Å². The highest BCUT2D eigenvalue weighted by molar-refractivity contribution is 9.10. The Hall–Kier alpha value is -2.59. The third-order valence-corrected chi connectivity index (χ3v) is 4.62. The number of rotatable bonds is 6. The maximum absolute atomic E-state index is 13.8. The van der Waals surface area contributed by atoms with Crippen LogP contribution >= 0.6 is 28.1 Å². The van der Waals surface area contributed by atoms with Crippen LogP contribution in [-0.4, -0.2) is 21.5 Å². The summed E-state index contributed by atoms with van der Waals surface area (Å²) < 4.78 is 45.8. The number of ether oxygens (including phenoxy) is 1. The van der Waals surface area contributed by atoms with E-state index < -0.39 is 6.61 Å². The summed E-state index contributed by atoms with van der Waals surface area (Å²) in [4.78, 5) is 0. The Bertz CT molecular complexity index is 1030. The second-order valence-electron chi connectivity index (χ2n) is 6.07. The molecule has 0 atom stereocenters. The first-order chi connectivity index (χ1) is 13.8. The molecule has 0 bridgehead atoms.